The van der Waals surface area contributed by atoms with Crippen LogP contribution in [-0.2, 0) is 14.3 Å². The fourth-order valence-electron chi connectivity index (χ4n) is 1.39. The van der Waals surface area contributed by atoms with Gasteiger partial charge in [-0.1, -0.05) is 0 Å². The van der Waals surface area contributed by atoms with E-state index in [0.717, 1.165) is 23.8 Å². The van der Waals surface area contributed by atoms with Crippen LogP contribution in [0.5, 0.6) is 0 Å². The van der Waals surface area contributed by atoms with Gasteiger partial charge in [0.25, 0.3) is 0 Å². The van der Waals surface area contributed by atoms with Gasteiger partial charge in [-0.05, 0) is 6.42 Å². The van der Waals surface area contributed by atoms with Gasteiger partial charge in [-0.3, -0.25) is 15.0 Å². The largest absolute Gasteiger partial charge is 0.461 e. The Morgan fingerprint density at radius 3 is 2.56 bits per heavy atom. The van der Waals surface area contributed by atoms with Crippen molar-refractivity contribution in [3.63, 3.8) is 0 Å². The Labute approximate surface area is 107 Å². The molecule has 0 aromatic carbocycles. The lowest BCUT2D eigenvalue weighted by atomic mass is 10.4. The second kappa shape index (κ2) is 6.24. The highest BCUT2D eigenvalue weighted by Gasteiger charge is 2.36. The first kappa shape index (κ1) is 14.3. The lowest BCUT2D eigenvalue weighted by molar-refractivity contribution is -0.422. The minimum Gasteiger partial charge on any atom is -0.461 e. The van der Waals surface area contributed by atoms with Gasteiger partial charge in [0.1, 0.15) is 0 Å². The van der Waals surface area contributed by atoms with Crippen LogP contribution in [0.3, 0.4) is 0 Å². The number of amides is 1. The number of carbonyl (C=O) groups is 2. The fourth-order valence-corrected chi connectivity index (χ4v) is 2.47. The maximum Gasteiger partial charge on any atom is 0.414 e. The molecule has 9 heteroatoms. The Hall–Kier alpha value is -1.77. The predicted octanol–water partition coefficient (Wildman–Crippen LogP) is 0.810. The van der Waals surface area contributed by atoms with Gasteiger partial charge in [0.2, 0.25) is 0 Å². The number of hydrogen-bond donors (Lipinski definition) is 0. The number of rotatable bonds is 2. The number of nitro groups is 1. The van der Waals surface area contributed by atoms with E-state index in [1.54, 1.807) is 0 Å². The molecule has 100 valence electrons. The molecule has 0 N–H and O–H groups in total. The van der Waals surface area contributed by atoms with Gasteiger partial charge in [-0.25, -0.2) is 9.59 Å². The third-order valence-corrected chi connectivity index (χ3v) is 3.35. The summed E-state index contributed by atoms with van der Waals surface area (Å²) in [5, 5.41) is 10.9. The first-order chi connectivity index (χ1) is 8.52. The molecule has 1 saturated heterocycles. The van der Waals surface area contributed by atoms with Gasteiger partial charge < -0.3 is 9.47 Å². The summed E-state index contributed by atoms with van der Waals surface area (Å²) in [4.78, 5) is 34.0. The van der Waals surface area contributed by atoms with Crippen molar-refractivity contribution in [2.24, 2.45) is 0 Å². The molecular weight excluding hydrogens is 264 g/mol. The summed E-state index contributed by atoms with van der Waals surface area (Å²) < 4.78 is 8.89. The molecule has 8 nitrogen and oxygen atoms in total. The topological polar surface area (TPSA) is 99.0 Å². The molecule has 0 unspecified atom stereocenters. The van der Waals surface area contributed by atoms with Crippen molar-refractivity contribution in [3.05, 3.63) is 20.8 Å². The van der Waals surface area contributed by atoms with Crippen molar-refractivity contribution < 1.29 is 24.0 Å². The molecule has 0 bridgehead atoms. The Balaban J connectivity index is 3.22. The zero-order valence-corrected chi connectivity index (χ0v) is 10.7. The summed E-state index contributed by atoms with van der Waals surface area (Å²) in [7, 11) is 2.21. The van der Waals surface area contributed by atoms with Crippen LogP contribution in [0, 0.1) is 10.1 Å². The summed E-state index contributed by atoms with van der Waals surface area (Å²) in [5.41, 5.74) is -0.743. The van der Waals surface area contributed by atoms with E-state index in [9.17, 15) is 19.7 Å². The summed E-state index contributed by atoms with van der Waals surface area (Å²) in [6, 6.07) is 0. The average Bonchev–Trinajstić information content (AvgIpc) is 2.38. The molecule has 0 spiro atoms. The Kier molecular flexibility index (Phi) is 4.95. The van der Waals surface area contributed by atoms with Crippen molar-refractivity contribution in [1.82, 2.24) is 4.90 Å². The van der Waals surface area contributed by atoms with Crippen LogP contribution >= 0.6 is 11.8 Å². The lowest BCUT2D eigenvalue weighted by Crippen LogP contribution is -2.36. The zero-order valence-electron chi connectivity index (χ0n) is 9.87. The molecule has 0 aliphatic carbocycles. The molecule has 1 rings (SSSR count). The second-order valence-electron chi connectivity index (χ2n) is 3.23. The molecule has 0 aromatic rings. The van der Waals surface area contributed by atoms with E-state index in [-0.39, 0.29) is 11.6 Å². The molecule has 0 atom stereocenters. The van der Waals surface area contributed by atoms with E-state index in [2.05, 4.69) is 9.47 Å². The maximum absolute atomic E-state index is 11.5. The first-order valence-corrected chi connectivity index (χ1v) is 5.96. The van der Waals surface area contributed by atoms with Crippen molar-refractivity contribution in [2.45, 2.75) is 6.42 Å². The molecule has 18 heavy (non-hydrogen) atoms. The van der Waals surface area contributed by atoms with E-state index < -0.39 is 22.7 Å². The number of methoxy groups -OCH3 is 2. The van der Waals surface area contributed by atoms with Crippen molar-refractivity contribution in [2.75, 3.05) is 26.5 Å². The van der Waals surface area contributed by atoms with Crippen molar-refractivity contribution in [3.8, 4) is 0 Å². The third-order valence-electron chi connectivity index (χ3n) is 2.17. The number of nitrogens with zero attached hydrogens (tertiary/aromatic N) is 2. The standard InChI is InChI=1S/C9H12N2O6S/c1-16-8(12)6(11(14)15)7-10(9(13)17-2)4-3-5-18-7/h3-5H2,1-2H3/b7-6+. The quantitative estimate of drug-likeness (QED) is 0.318. The van der Waals surface area contributed by atoms with E-state index in [0.29, 0.717) is 12.2 Å². The number of ether oxygens (including phenoxy) is 2. The Morgan fingerprint density at radius 2 is 2.06 bits per heavy atom. The Bertz CT molecular complexity index is 408. The van der Waals surface area contributed by atoms with Gasteiger partial charge >= 0.3 is 17.8 Å². The highest BCUT2D eigenvalue weighted by molar-refractivity contribution is 8.03. The molecule has 1 fully saturated rings. The van der Waals surface area contributed by atoms with Gasteiger partial charge in [-0.2, -0.15) is 0 Å². The predicted molar refractivity (Wildman–Crippen MR) is 62.2 cm³/mol. The number of hydrogen-bond acceptors (Lipinski definition) is 7. The maximum atomic E-state index is 11.5. The molecule has 1 heterocycles. The molecule has 0 aromatic heterocycles. The monoisotopic (exact) mass is 276 g/mol. The third kappa shape index (κ3) is 2.92. The summed E-state index contributed by atoms with van der Waals surface area (Å²) in [6.45, 7) is 0.267. The summed E-state index contributed by atoms with van der Waals surface area (Å²) in [6.07, 6.45) is -0.0736. The number of carbonyl (C=O) groups excluding carboxylic acids is 2. The Morgan fingerprint density at radius 1 is 1.39 bits per heavy atom. The highest BCUT2D eigenvalue weighted by atomic mass is 32.2. The van der Waals surface area contributed by atoms with Crippen LogP contribution in [0.4, 0.5) is 4.79 Å². The van der Waals surface area contributed by atoms with Crippen molar-refractivity contribution >= 4 is 23.8 Å². The minimum atomic E-state index is -1.08. The average molecular weight is 276 g/mol. The number of esters is 1. The van der Waals surface area contributed by atoms with E-state index in [1.165, 1.54) is 7.11 Å². The van der Waals surface area contributed by atoms with E-state index in [4.69, 9.17) is 0 Å². The van der Waals surface area contributed by atoms with Crippen LogP contribution < -0.4 is 0 Å². The molecule has 0 radical (unpaired) electrons. The normalized spacial score (nSPS) is 18.0. The van der Waals surface area contributed by atoms with Gasteiger partial charge in [-0.15, -0.1) is 11.8 Å². The molecule has 1 aliphatic heterocycles. The summed E-state index contributed by atoms with van der Waals surface area (Å²) in [5.74, 6) is -0.504. The molecule has 0 saturated carbocycles. The van der Waals surface area contributed by atoms with Gasteiger partial charge in [0.15, 0.2) is 5.03 Å². The molecule has 1 aliphatic rings. The minimum absolute atomic E-state index is 0.0371. The van der Waals surface area contributed by atoms with Gasteiger partial charge in [0, 0.05) is 12.3 Å². The van der Waals surface area contributed by atoms with Gasteiger partial charge in [0.05, 0.1) is 19.1 Å². The van der Waals surface area contributed by atoms with Crippen LogP contribution in [-0.4, -0.2) is 48.4 Å². The van der Waals surface area contributed by atoms with E-state index in [1.807, 2.05) is 0 Å². The van der Waals surface area contributed by atoms with E-state index >= 15 is 0 Å². The van der Waals surface area contributed by atoms with Crippen molar-refractivity contribution in [1.29, 1.82) is 0 Å². The number of thioether (sulfide) groups is 1. The van der Waals surface area contributed by atoms with Crippen LogP contribution in [0.15, 0.2) is 10.7 Å². The van der Waals surface area contributed by atoms with Crippen LogP contribution in [0.2, 0.25) is 0 Å². The summed E-state index contributed by atoms with van der Waals surface area (Å²) >= 11 is 1.06. The highest BCUT2D eigenvalue weighted by Crippen LogP contribution is 2.30. The van der Waals surface area contributed by atoms with Crippen LogP contribution in [0.1, 0.15) is 6.42 Å². The zero-order chi connectivity index (χ0) is 13.7. The SMILES string of the molecule is COC(=O)/C(=C1\SCCCN1C(=O)OC)[N+](=O)[O-]. The second-order valence-corrected chi connectivity index (χ2v) is 4.31. The lowest BCUT2D eigenvalue weighted by Gasteiger charge is -2.26. The molecular formula is C9H12N2O6S. The first-order valence-electron chi connectivity index (χ1n) is 4.98. The van der Waals surface area contributed by atoms with Crippen LogP contribution in [0.25, 0.3) is 0 Å². The smallest absolute Gasteiger partial charge is 0.414 e. The fraction of sp³-hybridized carbons (Fsp3) is 0.556. The molecule has 1 amide bonds.